The number of methoxy groups -OCH3 is 1. The van der Waals surface area contributed by atoms with Crippen LogP contribution >= 0.6 is 0 Å². The topological polar surface area (TPSA) is 88.5 Å². The normalized spacial score (nSPS) is 15.4. The van der Waals surface area contributed by atoms with Crippen molar-refractivity contribution in [1.82, 2.24) is 20.0 Å². The van der Waals surface area contributed by atoms with Gasteiger partial charge in [0.25, 0.3) is 0 Å². The molecule has 0 unspecified atom stereocenters. The van der Waals surface area contributed by atoms with Gasteiger partial charge in [0, 0.05) is 38.9 Å². The van der Waals surface area contributed by atoms with Crippen LogP contribution in [-0.2, 0) is 16.1 Å². The smallest absolute Gasteiger partial charge is 0.319 e. The second-order valence-electron chi connectivity index (χ2n) is 6.84. The van der Waals surface area contributed by atoms with E-state index in [4.69, 9.17) is 4.74 Å². The molecule has 2 rings (SSSR count). The van der Waals surface area contributed by atoms with E-state index in [-0.39, 0.29) is 18.0 Å². The van der Waals surface area contributed by atoms with Crippen molar-refractivity contribution in [3.63, 3.8) is 0 Å². The van der Waals surface area contributed by atoms with E-state index in [1.54, 1.807) is 24.2 Å². The number of hydrogen-bond acceptors (Lipinski definition) is 4. The summed E-state index contributed by atoms with van der Waals surface area (Å²) in [6, 6.07) is -0.148. The molecule has 0 atom stereocenters. The van der Waals surface area contributed by atoms with Gasteiger partial charge in [-0.1, -0.05) is 13.8 Å². The molecule has 0 spiro atoms. The number of likely N-dealkylation sites (tertiary alicyclic amines) is 1. The predicted octanol–water partition coefficient (Wildman–Crippen LogP) is 1.69. The molecule has 1 aliphatic rings. The standard InChI is InChI=1S/C17H29N5O3/c1-13(2)10-16(23)21-6-4-14(5-7-21)19-17(24)20-15-11-18-22(12-15)8-9-25-3/h11-14H,4-10H2,1-3H3,(H2,19,20,24). The van der Waals surface area contributed by atoms with E-state index in [1.165, 1.54) is 0 Å². The van der Waals surface area contributed by atoms with Crippen molar-refractivity contribution < 1.29 is 14.3 Å². The maximum atomic E-state index is 12.1. The second-order valence-corrected chi connectivity index (χ2v) is 6.84. The van der Waals surface area contributed by atoms with Gasteiger partial charge in [-0.3, -0.25) is 9.48 Å². The molecule has 2 heterocycles. The van der Waals surface area contributed by atoms with Crippen LogP contribution in [0.4, 0.5) is 10.5 Å². The Kier molecular flexibility index (Phi) is 7.24. The molecule has 3 amide bonds. The largest absolute Gasteiger partial charge is 0.383 e. The lowest BCUT2D eigenvalue weighted by Crippen LogP contribution is -2.47. The van der Waals surface area contributed by atoms with Crippen LogP contribution in [0, 0.1) is 5.92 Å². The van der Waals surface area contributed by atoms with Crippen LogP contribution in [0.3, 0.4) is 0 Å². The van der Waals surface area contributed by atoms with Gasteiger partial charge in [0.05, 0.1) is 25.0 Å². The molecule has 8 nitrogen and oxygen atoms in total. The van der Waals surface area contributed by atoms with Gasteiger partial charge in [0.1, 0.15) is 0 Å². The van der Waals surface area contributed by atoms with Crippen molar-refractivity contribution in [2.75, 3.05) is 32.1 Å². The van der Waals surface area contributed by atoms with Gasteiger partial charge < -0.3 is 20.3 Å². The first kappa shape index (κ1) is 19.2. The van der Waals surface area contributed by atoms with E-state index in [2.05, 4.69) is 15.7 Å². The lowest BCUT2D eigenvalue weighted by Gasteiger charge is -2.32. The summed E-state index contributed by atoms with van der Waals surface area (Å²) in [5, 5.41) is 9.92. The van der Waals surface area contributed by atoms with Crippen molar-refractivity contribution >= 4 is 17.6 Å². The molecule has 1 aliphatic heterocycles. The highest BCUT2D eigenvalue weighted by Gasteiger charge is 2.24. The highest BCUT2D eigenvalue weighted by molar-refractivity contribution is 5.89. The fourth-order valence-corrected chi connectivity index (χ4v) is 2.84. The number of piperidine rings is 1. The molecule has 25 heavy (non-hydrogen) atoms. The van der Waals surface area contributed by atoms with Crippen LogP contribution in [0.15, 0.2) is 12.4 Å². The SMILES string of the molecule is COCCn1cc(NC(=O)NC2CCN(C(=O)CC(C)C)CC2)cn1. The van der Waals surface area contributed by atoms with Crippen LogP contribution in [0.1, 0.15) is 33.1 Å². The van der Waals surface area contributed by atoms with Crippen molar-refractivity contribution in [3.05, 3.63) is 12.4 Å². The van der Waals surface area contributed by atoms with Gasteiger partial charge in [-0.05, 0) is 18.8 Å². The first-order valence-electron chi connectivity index (χ1n) is 8.84. The zero-order valence-corrected chi connectivity index (χ0v) is 15.3. The average Bonchev–Trinajstić information content (AvgIpc) is 3.00. The van der Waals surface area contributed by atoms with E-state index in [1.807, 2.05) is 18.7 Å². The number of nitrogens with one attached hydrogen (secondary N) is 2. The van der Waals surface area contributed by atoms with Gasteiger partial charge in [-0.15, -0.1) is 0 Å². The number of anilines is 1. The molecule has 2 N–H and O–H groups in total. The molecular weight excluding hydrogens is 322 g/mol. The Morgan fingerprint density at radius 3 is 2.72 bits per heavy atom. The third kappa shape index (κ3) is 6.38. The van der Waals surface area contributed by atoms with Gasteiger partial charge >= 0.3 is 6.03 Å². The van der Waals surface area contributed by atoms with Crippen LogP contribution < -0.4 is 10.6 Å². The molecule has 1 aromatic rings. The fraction of sp³-hybridized carbons (Fsp3) is 0.706. The van der Waals surface area contributed by atoms with Crippen molar-refractivity contribution in [2.24, 2.45) is 5.92 Å². The van der Waals surface area contributed by atoms with Crippen LogP contribution in [0.2, 0.25) is 0 Å². The molecule has 8 heteroatoms. The predicted molar refractivity (Wildman–Crippen MR) is 95.3 cm³/mol. The van der Waals surface area contributed by atoms with Crippen LogP contribution in [-0.4, -0.2) is 59.5 Å². The Hall–Kier alpha value is -2.09. The molecule has 0 bridgehead atoms. The quantitative estimate of drug-likeness (QED) is 0.782. The van der Waals surface area contributed by atoms with Crippen molar-refractivity contribution in [1.29, 1.82) is 0 Å². The Morgan fingerprint density at radius 2 is 2.08 bits per heavy atom. The highest BCUT2D eigenvalue weighted by Crippen LogP contribution is 2.14. The number of hydrogen-bond donors (Lipinski definition) is 2. The van der Waals surface area contributed by atoms with Gasteiger partial charge in [0.2, 0.25) is 5.91 Å². The van der Waals surface area contributed by atoms with Gasteiger partial charge in [-0.25, -0.2) is 4.79 Å². The molecule has 1 aromatic heterocycles. The van der Waals surface area contributed by atoms with E-state index in [9.17, 15) is 9.59 Å². The molecule has 0 saturated carbocycles. The Labute approximate surface area is 148 Å². The minimum Gasteiger partial charge on any atom is -0.383 e. The number of carbonyl (C=O) groups excluding carboxylic acids is 2. The third-order valence-electron chi connectivity index (χ3n) is 4.18. The summed E-state index contributed by atoms with van der Waals surface area (Å²) < 4.78 is 6.71. The van der Waals surface area contributed by atoms with Crippen molar-refractivity contribution in [2.45, 2.75) is 45.7 Å². The molecule has 1 saturated heterocycles. The number of nitrogens with zero attached hydrogens (tertiary/aromatic N) is 3. The number of ether oxygens (including phenoxy) is 1. The molecule has 0 aromatic carbocycles. The summed E-state index contributed by atoms with van der Waals surface area (Å²) >= 11 is 0. The number of aromatic nitrogens is 2. The van der Waals surface area contributed by atoms with Gasteiger partial charge in [0.15, 0.2) is 0 Å². The Balaban J connectivity index is 1.71. The molecular formula is C17H29N5O3. The van der Waals surface area contributed by atoms with E-state index in [0.29, 0.717) is 44.3 Å². The summed E-state index contributed by atoms with van der Waals surface area (Å²) in [6.07, 6.45) is 5.54. The van der Waals surface area contributed by atoms with E-state index < -0.39 is 0 Å². The lowest BCUT2D eigenvalue weighted by atomic mass is 10.0. The molecule has 0 aliphatic carbocycles. The zero-order valence-electron chi connectivity index (χ0n) is 15.3. The Morgan fingerprint density at radius 1 is 1.36 bits per heavy atom. The number of rotatable bonds is 7. The third-order valence-corrected chi connectivity index (χ3v) is 4.18. The van der Waals surface area contributed by atoms with E-state index in [0.717, 1.165) is 12.8 Å². The maximum Gasteiger partial charge on any atom is 0.319 e. The molecule has 140 valence electrons. The summed E-state index contributed by atoms with van der Waals surface area (Å²) in [5.41, 5.74) is 0.651. The number of carbonyl (C=O) groups is 2. The fourth-order valence-electron chi connectivity index (χ4n) is 2.84. The summed E-state index contributed by atoms with van der Waals surface area (Å²) in [6.45, 7) is 6.71. The zero-order chi connectivity index (χ0) is 18.2. The Bertz CT molecular complexity index is 564. The number of amides is 3. The monoisotopic (exact) mass is 351 g/mol. The average molecular weight is 351 g/mol. The van der Waals surface area contributed by atoms with Crippen LogP contribution in [0.5, 0.6) is 0 Å². The summed E-state index contributed by atoms with van der Waals surface area (Å²) in [7, 11) is 1.64. The summed E-state index contributed by atoms with van der Waals surface area (Å²) in [5.74, 6) is 0.584. The molecule has 0 radical (unpaired) electrons. The highest BCUT2D eigenvalue weighted by atomic mass is 16.5. The van der Waals surface area contributed by atoms with Gasteiger partial charge in [-0.2, -0.15) is 5.10 Å². The maximum absolute atomic E-state index is 12.1. The minimum atomic E-state index is -0.238. The van der Waals surface area contributed by atoms with Crippen LogP contribution in [0.25, 0.3) is 0 Å². The summed E-state index contributed by atoms with van der Waals surface area (Å²) in [4.78, 5) is 26.1. The molecule has 1 fully saturated rings. The first-order valence-corrected chi connectivity index (χ1v) is 8.84. The van der Waals surface area contributed by atoms with Crippen molar-refractivity contribution in [3.8, 4) is 0 Å². The lowest BCUT2D eigenvalue weighted by molar-refractivity contribution is -0.133. The number of urea groups is 1. The first-order chi connectivity index (χ1) is 12.0. The van der Waals surface area contributed by atoms with E-state index >= 15 is 0 Å². The minimum absolute atomic E-state index is 0.0895. The second kappa shape index (κ2) is 9.41.